The molecule has 3 aromatic carbocycles. The highest BCUT2D eigenvalue weighted by Gasteiger charge is 2.50. The van der Waals surface area contributed by atoms with Crippen LogP contribution in [0.2, 0.25) is 0 Å². The zero-order valence-corrected chi connectivity index (χ0v) is 12.6. The van der Waals surface area contributed by atoms with Crippen molar-refractivity contribution in [3.05, 3.63) is 59.7 Å². The van der Waals surface area contributed by atoms with Crippen molar-refractivity contribution in [1.29, 1.82) is 0 Å². The van der Waals surface area contributed by atoms with Gasteiger partial charge in [0, 0.05) is 0 Å². The Labute approximate surface area is 133 Å². The molecule has 0 bridgehead atoms. The van der Waals surface area contributed by atoms with E-state index in [1.165, 1.54) is 32.7 Å². The standard InChI is InChI=1S/C20H16O3/c1-2-4-12-8-15-13(7-11(12)3-1)5-6-14-18(15)20-17(23-20)10-21-9-16-19(14)22-16/h1-8,16-17,19-20H,9-10H2. The minimum atomic E-state index is 0.151. The third kappa shape index (κ3) is 1.81. The fourth-order valence-electron chi connectivity index (χ4n) is 3.99. The van der Waals surface area contributed by atoms with Crippen LogP contribution in [0, 0.1) is 0 Å². The molecule has 23 heavy (non-hydrogen) atoms. The van der Waals surface area contributed by atoms with Crippen LogP contribution in [-0.2, 0) is 14.2 Å². The molecule has 0 aromatic heterocycles. The Hall–Kier alpha value is -1.94. The molecule has 0 radical (unpaired) electrons. The van der Waals surface area contributed by atoms with Gasteiger partial charge in [-0.15, -0.1) is 0 Å². The quantitative estimate of drug-likeness (QED) is 0.466. The molecular formula is C20H16O3. The minimum absolute atomic E-state index is 0.151. The van der Waals surface area contributed by atoms with Crippen molar-refractivity contribution in [2.24, 2.45) is 0 Å². The Morgan fingerprint density at radius 1 is 0.739 bits per heavy atom. The van der Waals surface area contributed by atoms with Gasteiger partial charge in [-0.2, -0.15) is 0 Å². The molecule has 4 unspecified atom stereocenters. The van der Waals surface area contributed by atoms with Crippen molar-refractivity contribution >= 4 is 21.5 Å². The van der Waals surface area contributed by atoms with Gasteiger partial charge in [-0.1, -0.05) is 36.4 Å². The molecule has 6 rings (SSSR count). The maximum Gasteiger partial charge on any atom is 0.113 e. The summed E-state index contributed by atoms with van der Waals surface area (Å²) >= 11 is 0. The third-order valence-electron chi connectivity index (χ3n) is 5.28. The molecule has 4 atom stereocenters. The second-order valence-electron chi connectivity index (χ2n) is 6.72. The Morgan fingerprint density at radius 3 is 2.35 bits per heavy atom. The van der Waals surface area contributed by atoms with Crippen LogP contribution in [0.1, 0.15) is 23.3 Å². The summed E-state index contributed by atoms with van der Waals surface area (Å²) in [5.41, 5.74) is 2.60. The van der Waals surface area contributed by atoms with Crippen molar-refractivity contribution in [2.45, 2.75) is 24.4 Å². The molecule has 114 valence electrons. The zero-order chi connectivity index (χ0) is 15.0. The van der Waals surface area contributed by atoms with Crippen molar-refractivity contribution in [2.75, 3.05) is 13.2 Å². The van der Waals surface area contributed by atoms with Gasteiger partial charge in [0.15, 0.2) is 0 Å². The van der Waals surface area contributed by atoms with Gasteiger partial charge in [0.25, 0.3) is 0 Å². The van der Waals surface area contributed by atoms with E-state index in [4.69, 9.17) is 14.2 Å². The molecule has 3 heterocycles. The topological polar surface area (TPSA) is 34.3 Å². The molecule has 2 saturated heterocycles. The number of hydrogen-bond donors (Lipinski definition) is 0. The van der Waals surface area contributed by atoms with Gasteiger partial charge in [-0.25, -0.2) is 0 Å². The lowest BCUT2D eigenvalue weighted by molar-refractivity contribution is 0.102. The van der Waals surface area contributed by atoms with Crippen LogP contribution < -0.4 is 0 Å². The van der Waals surface area contributed by atoms with Crippen LogP contribution in [0.25, 0.3) is 21.5 Å². The van der Waals surface area contributed by atoms with Gasteiger partial charge in [0.1, 0.15) is 24.4 Å². The summed E-state index contributed by atoms with van der Waals surface area (Å²) in [5, 5.41) is 5.12. The lowest BCUT2D eigenvalue weighted by atomic mass is 9.91. The first kappa shape index (κ1) is 12.5. The molecule has 3 aromatic rings. The van der Waals surface area contributed by atoms with E-state index in [-0.39, 0.29) is 24.4 Å². The van der Waals surface area contributed by atoms with Gasteiger partial charge in [0.05, 0.1) is 13.2 Å². The Kier molecular flexibility index (Phi) is 2.35. The van der Waals surface area contributed by atoms with Crippen LogP contribution in [0.15, 0.2) is 48.5 Å². The summed E-state index contributed by atoms with van der Waals surface area (Å²) in [5.74, 6) is 0. The minimum Gasteiger partial charge on any atom is -0.376 e. The highest BCUT2D eigenvalue weighted by molar-refractivity contribution is 6.00. The zero-order valence-electron chi connectivity index (χ0n) is 12.6. The maximum absolute atomic E-state index is 5.93. The normalized spacial score (nSPS) is 31.5. The van der Waals surface area contributed by atoms with Crippen molar-refractivity contribution < 1.29 is 14.2 Å². The van der Waals surface area contributed by atoms with E-state index in [0.29, 0.717) is 13.2 Å². The first-order chi connectivity index (χ1) is 11.4. The van der Waals surface area contributed by atoms with Gasteiger partial charge < -0.3 is 14.2 Å². The van der Waals surface area contributed by atoms with Crippen molar-refractivity contribution in [3.8, 4) is 0 Å². The molecule has 3 aliphatic rings. The lowest BCUT2D eigenvalue weighted by Crippen LogP contribution is -2.06. The van der Waals surface area contributed by atoms with Gasteiger partial charge in [0.2, 0.25) is 0 Å². The van der Waals surface area contributed by atoms with E-state index < -0.39 is 0 Å². The molecule has 0 aliphatic carbocycles. The molecule has 2 fully saturated rings. The van der Waals surface area contributed by atoms with Crippen LogP contribution >= 0.6 is 0 Å². The number of rotatable bonds is 0. The third-order valence-corrected chi connectivity index (χ3v) is 5.28. The van der Waals surface area contributed by atoms with Crippen LogP contribution in [0.4, 0.5) is 0 Å². The summed E-state index contributed by atoms with van der Waals surface area (Å²) in [6, 6.07) is 17.5. The van der Waals surface area contributed by atoms with E-state index in [2.05, 4.69) is 48.5 Å². The summed E-state index contributed by atoms with van der Waals surface area (Å²) in [6.07, 6.45) is 0.731. The highest BCUT2D eigenvalue weighted by Crippen LogP contribution is 2.51. The van der Waals surface area contributed by atoms with E-state index in [0.717, 1.165) is 0 Å². The van der Waals surface area contributed by atoms with Crippen molar-refractivity contribution in [3.63, 3.8) is 0 Å². The summed E-state index contributed by atoms with van der Waals surface area (Å²) in [6.45, 7) is 1.34. The average Bonchev–Trinajstić information content (AvgIpc) is 3.49. The largest absolute Gasteiger partial charge is 0.376 e. The SMILES string of the molecule is c1ccc2cc3c4c(ccc3cc2c1)C1OC1COCC1OC41. The molecule has 0 N–H and O–H groups in total. The second-order valence-corrected chi connectivity index (χ2v) is 6.72. The van der Waals surface area contributed by atoms with Crippen molar-refractivity contribution in [1.82, 2.24) is 0 Å². The maximum atomic E-state index is 5.93. The summed E-state index contributed by atoms with van der Waals surface area (Å²) < 4.78 is 17.5. The van der Waals surface area contributed by atoms with Gasteiger partial charge in [-0.3, -0.25) is 0 Å². The van der Waals surface area contributed by atoms with E-state index in [1.54, 1.807) is 0 Å². The summed E-state index contributed by atoms with van der Waals surface area (Å²) in [4.78, 5) is 0. The van der Waals surface area contributed by atoms with Gasteiger partial charge >= 0.3 is 0 Å². The monoisotopic (exact) mass is 304 g/mol. The first-order valence-corrected chi connectivity index (χ1v) is 8.22. The van der Waals surface area contributed by atoms with E-state index in [1.807, 2.05) is 0 Å². The van der Waals surface area contributed by atoms with E-state index in [9.17, 15) is 0 Å². The number of epoxide rings is 2. The van der Waals surface area contributed by atoms with Crippen LogP contribution in [0.3, 0.4) is 0 Å². The fraction of sp³-hybridized carbons (Fsp3) is 0.300. The number of hydrogen-bond acceptors (Lipinski definition) is 3. The predicted octanol–water partition coefficient (Wildman–Crippen LogP) is 3.90. The number of benzene rings is 3. The molecular weight excluding hydrogens is 288 g/mol. The lowest BCUT2D eigenvalue weighted by Gasteiger charge is -2.11. The second kappa shape index (κ2) is 4.32. The molecule has 3 aliphatic heterocycles. The Morgan fingerprint density at radius 2 is 1.48 bits per heavy atom. The molecule has 3 heteroatoms. The van der Waals surface area contributed by atoms with Gasteiger partial charge in [-0.05, 0) is 44.8 Å². The van der Waals surface area contributed by atoms with E-state index >= 15 is 0 Å². The fourth-order valence-corrected chi connectivity index (χ4v) is 3.99. The molecule has 0 spiro atoms. The Bertz CT molecular complexity index is 948. The number of ether oxygens (including phenoxy) is 3. The summed E-state index contributed by atoms with van der Waals surface area (Å²) in [7, 11) is 0. The predicted molar refractivity (Wildman–Crippen MR) is 87.5 cm³/mol. The smallest absolute Gasteiger partial charge is 0.113 e. The van der Waals surface area contributed by atoms with Crippen LogP contribution in [-0.4, -0.2) is 25.4 Å². The molecule has 0 amide bonds. The van der Waals surface area contributed by atoms with Crippen LogP contribution in [0.5, 0.6) is 0 Å². The number of fused-ring (bicyclic) bond motifs is 8. The molecule has 3 nitrogen and oxygen atoms in total. The molecule has 0 saturated carbocycles. The highest BCUT2D eigenvalue weighted by atomic mass is 16.6. The average molecular weight is 304 g/mol. The Balaban J connectivity index is 1.66. The first-order valence-electron chi connectivity index (χ1n) is 8.22.